The van der Waals surface area contributed by atoms with Crippen molar-refractivity contribution < 1.29 is 14.6 Å². The van der Waals surface area contributed by atoms with Gasteiger partial charge in [0.1, 0.15) is 0 Å². The van der Waals surface area contributed by atoms with E-state index in [-0.39, 0.29) is 5.91 Å². The lowest BCUT2D eigenvalue weighted by Gasteiger charge is -2.35. The molecule has 19 heavy (non-hydrogen) atoms. The van der Waals surface area contributed by atoms with Gasteiger partial charge in [-0.15, -0.1) is 0 Å². The van der Waals surface area contributed by atoms with Gasteiger partial charge in [-0.1, -0.05) is 0 Å². The van der Waals surface area contributed by atoms with Gasteiger partial charge in [-0.2, -0.15) is 0 Å². The Morgan fingerprint density at radius 2 is 1.95 bits per heavy atom. The van der Waals surface area contributed by atoms with Gasteiger partial charge in [0, 0.05) is 48.8 Å². The molecule has 1 fully saturated rings. The van der Waals surface area contributed by atoms with Gasteiger partial charge in [0.05, 0.1) is 5.60 Å². The van der Waals surface area contributed by atoms with Crippen molar-refractivity contribution >= 4 is 28.5 Å². The van der Waals surface area contributed by atoms with E-state index in [0.29, 0.717) is 38.2 Å². The number of carbonyl (C=O) groups excluding carboxylic acids is 1. The number of hydrogen-bond acceptors (Lipinski definition) is 3. The summed E-state index contributed by atoms with van der Waals surface area (Å²) in [6, 6.07) is 7.44. The minimum absolute atomic E-state index is 0.0590. The fraction of sp³-hybridized carbons (Fsp3) is 0.500. The van der Waals surface area contributed by atoms with E-state index < -0.39 is 5.60 Å². The van der Waals surface area contributed by atoms with Crippen molar-refractivity contribution in [2.75, 3.05) is 26.8 Å². The molecule has 0 aliphatic carbocycles. The molecule has 1 aliphatic rings. The lowest BCUT2D eigenvalue weighted by molar-refractivity contribution is -0.0734. The number of hydrogen-bond donors (Lipinski definition) is 1. The highest BCUT2D eigenvalue weighted by molar-refractivity contribution is 14.1. The van der Waals surface area contributed by atoms with Crippen LogP contribution in [0.1, 0.15) is 23.2 Å². The number of aliphatic hydroxyl groups is 1. The van der Waals surface area contributed by atoms with Gasteiger partial charge in [0.2, 0.25) is 0 Å². The van der Waals surface area contributed by atoms with Crippen molar-refractivity contribution in [3.8, 4) is 0 Å². The predicted octanol–water partition coefficient (Wildman–Crippen LogP) is 1.90. The summed E-state index contributed by atoms with van der Waals surface area (Å²) in [7, 11) is 1.73. The number of likely N-dealkylation sites (N-methyl/N-ethyl adjacent to an activating group) is 1. The van der Waals surface area contributed by atoms with Crippen LogP contribution in [0.4, 0.5) is 0 Å². The Hall–Kier alpha value is -0.660. The highest BCUT2D eigenvalue weighted by Gasteiger charge is 2.32. The third-order valence-corrected chi connectivity index (χ3v) is 4.11. The first kappa shape index (κ1) is 14.7. The summed E-state index contributed by atoms with van der Waals surface area (Å²) in [5.74, 6) is -0.0590. The molecule has 0 atom stereocenters. The van der Waals surface area contributed by atoms with Crippen molar-refractivity contribution in [1.82, 2.24) is 4.90 Å². The Labute approximate surface area is 126 Å². The van der Waals surface area contributed by atoms with Crippen molar-refractivity contribution in [1.29, 1.82) is 0 Å². The number of halogens is 1. The van der Waals surface area contributed by atoms with Crippen molar-refractivity contribution in [2.24, 2.45) is 0 Å². The van der Waals surface area contributed by atoms with E-state index in [0.717, 1.165) is 3.57 Å². The first-order valence-electron chi connectivity index (χ1n) is 6.31. The van der Waals surface area contributed by atoms with Crippen LogP contribution in [0, 0.1) is 3.57 Å². The van der Waals surface area contributed by atoms with Crippen LogP contribution in [-0.4, -0.2) is 48.3 Å². The molecule has 1 aromatic rings. The number of carbonyl (C=O) groups is 1. The smallest absolute Gasteiger partial charge is 0.253 e. The van der Waals surface area contributed by atoms with Gasteiger partial charge >= 0.3 is 0 Å². The molecule has 0 radical (unpaired) electrons. The summed E-state index contributed by atoms with van der Waals surface area (Å²) < 4.78 is 6.34. The highest BCUT2D eigenvalue weighted by atomic mass is 127. The van der Waals surface area contributed by atoms with E-state index in [9.17, 15) is 9.90 Å². The molecule has 1 heterocycles. The molecule has 0 bridgehead atoms. The first-order chi connectivity index (χ1) is 9.00. The van der Waals surface area contributed by atoms with Crippen LogP contribution in [0.3, 0.4) is 0 Å². The molecule has 4 nitrogen and oxygen atoms in total. The molecule has 1 aliphatic heterocycles. The van der Waals surface area contributed by atoms with Crippen LogP contribution in [0.25, 0.3) is 0 Å². The Kier molecular flexibility index (Phi) is 4.81. The third-order valence-electron chi connectivity index (χ3n) is 3.39. The summed E-state index contributed by atoms with van der Waals surface area (Å²) in [6.45, 7) is 1.46. The van der Waals surface area contributed by atoms with Gasteiger partial charge in [-0.3, -0.25) is 4.79 Å². The number of ether oxygens (including phenoxy) is 1. The van der Waals surface area contributed by atoms with Gasteiger partial charge in [-0.05, 0) is 46.9 Å². The van der Waals surface area contributed by atoms with Gasteiger partial charge < -0.3 is 14.7 Å². The van der Waals surface area contributed by atoms with E-state index in [4.69, 9.17) is 4.74 Å². The number of nitrogens with zero attached hydrogens (tertiary/aromatic N) is 1. The van der Waals surface area contributed by atoms with E-state index in [1.165, 1.54) is 0 Å². The van der Waals surface area contributed by atoms with Crippen LogP contribution in [-0.2, 0) is 4.74 Å². The Morgan fingerprint density at radius 3 is 2.53 bits per heavy atom. The molecular formula is C14H18INO3. The van der Waals surface area contributed by atoms with Crippen LogP contribution in [0.2, 0.25) is 0 Å². The number of rotatable bonds is 3. The maximum absolute atomic E-state index is 12.3. The summed E-state index contributed by atoms with van der Waals surface area (Å²) in [6.07, 6.45) is 1.16. The van der Waals surface area contributed by atoms with Gasteiger partial charge in [0.15, 0.2) is 0 Å². The lowest BCUT2D eigenvalue weighted by atomic mass is 9.94. The first-order valence-corrected chi connectivity index (χ1v) is 7.39. The van der Waals surface area contributed by atoms with E-state index in [2.05, 4.69) is 22.6 Å². The molecular weight excluding hydrogens is 357 g/mol. The molecule has 2 rings (SSSR count). The van der Waals surface area contributed by atoms with Gasteiger partial charge in [-0.25, -0.2) is 0 Å². The van der Waals surface area contributed by atoms with Crippen LogP contribution < -0.4 is 0 Å². The summed E-state index contributed by atoms with van der Waals surface area (Å²) in [5.41, 5.74) is -0.162. The minimum Gasteiger partial charge on any atom is -0.388 e. The topological polar surface area (TPSA) is 49.8 Å². The highest BCUT2D eigenvalue weighted by Crippen LogP contribution is 2.22. The monoisotopic (exact) mass is 375 g/mol. The maximum Gasteiger partial charge on any atom is 0.253 e. The fourth-order valence-corrected chi connectivity index (χ4v) is 2.60. The molecule has 0 aromatic heterocycles. The van der Waals surface area contributed by atoms with E-state index >= 15 is 0 Å². The molecule has 1 saturated heterocycles. The summed E-state index contributed by atoms with van der Waals surface area (Å²) >= 11 is 2.21. The van der Waals surface area contributed by atoms with Crippen molar-refractivity contribution in [3.05, 3.63) is 33.4 Å². The second-order valence-electron chi connectivity index (χ2n) is 5.00. The zero-order chi connectivity index (χ0) is 13.9. The third kappa shape index (κ3) is 3.90. The maximum atomic E-state index is 12.3. The molecule has 0 saturated carbocycles. The normalized spacial score (nSPS) is 18.1. The van der Waals surface area contributed by atoms with Crippen molar-refractivity contribution in [3.63, 3.8) is 0 Å². The average Bonchev–Trinajstić information content (AvgIpc) is 2.39. The number of amides is 1. The minimum atomic E-state index is -0.814. The van der Waals surface area contributed by atoms with Crippen LogP contribution >= 0.6 is 22.6 Å². The van der Waals surface area contributed by atoms with Gasteiger partial charge in [0.25, 0.3) is 5.91 Å². The fourth-order valence-electron chi connectivity index (χ4n) is 2.24. The quantitative estimate of drug-likeness (QED) is 0.822. The zero-order valence-electron chi connectivity index (χ0n) is 10.9. The summed E-state index contributed by atoms with van der Waals surface area (Å²) in [5, 5.41) is 10.4. The molecule has 0 spiro atoms. The second-order valence-corrected chi connectivity index (χ2v) is 6.25. The molecule has 5 heteroatoms. The van der Waals surface area contributed by atoms with Crippen LogP contribution in [0.5, 0.6) is 0 Å². The Morgan fingerprint density at radius 1 is 1.37 bits per heavy atom. The second kappa shape index (κ2) is 6.19. The largest absolute Gasteiger partial charge is 0.388 e. The molecule has 1 amide bonds. The SMILES string of the molecule is CN(CC1(O)CCOCC1)C(=O)c1ccc(I)cc1. The lowest BCUT2D eigenvalue weighted by Crippen LogP contribution is -2.47. The Bertz CT molecular complexity index is 441. The molecule has 0 unspecified atom stereocenters. The van der Waals surface area contributed by atoms with Crippen LogP contribution in [0.15, 0.2) is 24.3 Å². The predicted molar refractivity (Wildman–Crippen MR) is 81.1 cm³/mol. The molecule has 1 N–H and O–H groups in total. The molecule has 1 aromatic carbocycles. The van der Waals surface area contributed by atoms with E-state index in [1.54, 1.807) is 11.9 Å². The Balaban J connectivity index is 2.00. The van der Waals surface area contributed by atoms with E-state index in [1.807, 2.05) is 24.3 Å². The standard InChI is InChI=1S/C14H18INO3/c1-16(10-14(18)6-8-19-9-7-14)13(17)11-2-4-12(15)5-3-11/h2-5,18H,6-10H2,1H3. The molecule has 104 valence electrons. The average molecular weight is 375 g/mol. The zero-order valence-corrected chi connectivity index (χ0v) is 13.1. The summed E-state index contributed by atoms with van der Waals surface area (Å²) in [4.78, 5) is 13.8. The van der Waals surface area contributed by atoms with Crippen molar-refractivity contribution in [2.45, 2.75) is 18.4 Å². The number of benzene rings is 1.